The molecule has 1 heterocycles. The number of halogens is 1. The molecule has 1 unspecified atom stereocenters. The third kappa shape index (κ3) is 4.69. The number of hydrogen-bond acceptors (Lipinski definition) is 4. The number of hydrogen-bond donors (Lipinski definition) is 2. The summed E-state index contributed by atoms with van der Waals surface area (Å²) in [5.74, 6) is -0.531. The van der Waals surface area contributed by atoms with Crippen LogP contribution in [0.25, 0.3) is 0 Å². The van der Waals surface area contributed by atoms with Gasteiger partial charge in [-0.15, -0.1) is 12.4 Å². The van der Waals surface area contributed by atoms with E-state index in [9.17, 15) is 13.2 Å². The Kier molecular flexibility index (Phi) is 7.66. The van der Waals surface area contributed by atoms with Gasteiger partial charge in [0.1, 0.15) is 0 Å². The quantitative estimate of drug-likeness (QED) is 0.824. The van der Waals surface area contributed by atoms with Gasteiger partial charge in [-0.3, -0.25) is 4.79 Å². The Morgan fingerprint density at radius 2 is 1.92 bits per heavy atom. The summed E-state index contributed by atoms with van der Waals surface area (Å²) in [5, 5.41) is 2.73. The van der Waals surface area contributed by atoms with E-state index in [1.165, 1.54) is 4.31 Å². The van der Waals surface area contributed by atoms with Crippen molar-refractivity contribution in [1.29, 1.82) is 0 Å². The van der Waals surface area contributed by atoms with E-state index in [-0.39, 0.29) is 35.7 Å². The molecule has 1 aliphatic rings. The number of piperidine rings is 1. The maximum atomic E-state index is 12.8. The largest absolute Gasteiger partial charge is 0.330 e. The molecule has 1 saturated heterocycles. The van der Waals surface area contributed by atoms with Crippen LogP contribution in [0.2, 0.25) is 0 Å². The monoisotopic (exact) mass is 375 g/mol. The minimum atomic E-state index is -3.52. The molecule has 0 bridgehead atoms. The molecule has 1 aromatic carbocycles. The molecule has 2 rings (SSSR count). The molecule has 8 heteroatoms. The number of sulfonamides is 1. The van der Waals surface area contributed by atoms with Crippen LogP contribution in [0.4, 0.5) is 5.69 Å². The number of nitrogens with zero attached hydrogens (tertiary/aromatic N) is 1. The van der Waals surface area contributed by atoms with Gasteiger partial charge in [0.2, 0.25) is 15.9 Å². The van der Waals surface area contributed by atoms with Crippen LogP contribution in [0.15, 0.2) is 23.1 Å². The molecule has 1 amide bonds. The molecule has 0 aromatic heterocycles. The van der Waals surface area contributed by atoms with Crippen LogP contribution in [-0.4, -0.2) is 38.3 Å². The van der Waals surface area contributed by atoms with Crippen molar-refractivity contribution < 1.29 is 13.2 Å². The summed E-state index contributed by atoms with van der Waals surface area (Å²) in [6.07, 6.45) is 2.85. The molecule has 1 fully saturated rings. The first kappa shape index (κ1) is 20.9. The fourth-order valence-corrected chi connectivity index (χ4v) is 4.34. The number of anilines is 1. The summed E-state index contributed by atoms with van der Waals surface area (Å²) in [6, 6.07) is 4.98. The maximum absolute atomic E-state index is 12.8. The second kappa shape index (κ2) is 8.80. The number of carbonyl (C=O) groups is 1. The lowest BCUT2D eigenvalue weighted by Crippen LogP contribution is -2.36. The Balaban J connectivity index is 0.00000288. The topological polar surface area (TPSA) is 92.5 Å². The number of carbonyl (C=O) groups excluding carboxylic acids is 1. The smallest absolute Gasteiger partial charge is 0.243 e. The van der Waals surface area contributed by atoms with E-state index in [1.807, 2.05) is 0 Å². The minimum absolute atomic E-state index is 0. The van der Waals surface area contributed by atoms with E-state index in [0.29, 0.717) is 24.3 Å². The van der Waals surface area contributed by atoms with Gasteiger partial charge in [0.25, 0.3) is 0 Å². The lowest BCUT2D eigenvalue weighted by molar-refractivity contribution is -0.119. The summed E-state index contributed by atoms with van der Waals surface area (Å²) in [5.41, 5.74) is 6.65. The first-order valence-electron chi connectivity index (χ1n) is 7.98. The summed E-state index contributed by atoms with van der Waals surface area (Å²) in [7, 11) is -3.52. The standard InChI is InChI=1S/C16H25N3O3S.ClH/c1-12-6-7-14(18-16(20)13(2)11-17)10-15(12)23(21,22)19-8-4-3-5-9-19;/h6-7,10,13H,3-5,8-9,11,17H2,1-2H3,(H,18,20);1H. The van der Waals surface area contributed by atoms with Crippen molar-refractivity contribution in [3.63, 3.8) is 0 Å². The van der Waals surface area contributed by atoms with Crippen LogP contribution in [0.3, 0.4) is 0 Å². The average molecular weight is 376 g/mol. The van der Waals surface area contributed by atoms with Gasteiger partial charge < -0.3 is 11.1 Å². The van der Waals surface area contributed by atoms with Crippen LogP contribution in [0, 0.1) is 12.8 Å². The van der Waals surface area contributed by atoms with Gasteiger partial charge in [0, 0.05) is 31.2 Å². The van der Waals surface area contributed by atoms with Crippen molar-refractivity contribution in [3.8, 4) is 0 Å². The third-order valence-corrected chi connectivity index (χ3v) is 6.23. The van der Waals surface area contributed by atoms with Crippen LogP contribution in [0.5, 0.6) is 0 Å². The van der Waals surface area contributed by atoms with Crippen molar-refractivity contribution in [2.24, 2.45) is 11.7 Å². The third-order valence-electron chi connectivity index (χ3n) is 4.19. The van der Waals surface area contributed by atoms with Crippen molar-refractivity contribution in [3.05, 3.63) is 23.8 Å². The number of aryl methyl sites for hydroxylation is 1. The molecular formula is C16H26ClN3O3S. The maximum Gasteiger partial charge on any atom is 0.243 e. The summed E-state index contributed by atoms with van der Waals surface area (Å²) in [6.45, 7) is 4.86. The normalized spacial score (nSPS) is 17.0. The minimum Gasteiger partial charge on any atom is -0.330 e. The van der Waals surface area contributed by atoms with Gasteiger partial charge in [0.15, 0.2) is 0 Å². The highest BCUT2D eigenvalue weighted by atomic mass is 35.5. The highest BCUT2D eigenvalue weighted by Crippen LogP contribution is 2.26. The Morgan fingerprint density at radius 3 is 2.50 bits per heavy atom. The molecule has 0 spiro atoms. The zero-order valence-electron chi connectivity index (χ0n) is 14.1. The SMILES string of the molecule is Cc1ccc(NC(=O)C(C)CN)cc1S(=O)(=O)N1CCCCC1.Cl. The van der Waals surface area contributed by atoms with E-state index in [4.69, 9.17) is 5.73 Å². The molecule has 3 N–H and O–H groups in total. The van der Waals surface area contributed by atoms with E-state index in [1.54, 1.807) is 32.0 Å². The van der Waals surface area contributed by atoms with E-state index >= 15 is 0 Å². The molecule has 6 nitrogen and oxygen atoms in total. The van der Waals surface area contributed by atoms with E-state index < -0.39 is 10.0 Å². The van der Waals surface area contributed by atoms with Crippen molar-refractivity contribution >= 4 is 34.0 Å². The molecule has 136 valence electrons. The highest BCUT2D eigenvalue weighted by molar-refractivity contribution is 7.89. The van der Waals surface area contributed by atoms with Crippen LogP contribution >= 0.6 is 12.4 Å². The van der Waals surface area contributed by atoms with Gasteiger partial charge in [0.05, 0.1) is 4.90 Å². The molecule has 24 heavy (non-hydrogen) atoms. The van der Waals surface area contributed by atoms with Crippen LogP contribution in [0.1, 0.15) is 31.7 Å². The van der Waals surface area contributed by atoms with Crippen LogP contribution < -0.4 is 11.1 Å². The Labute approximate surface area is 150 Å². The van der Waals surface area contributed by atoms with Gasteiger partial charge >= 0.3 is 0 Å². The molecule has 0 aliphatic carbocycles. The van der Waals surface area contributed by atoms with Gasteiger partial charge in [-0.2, -0.15) is 4.31 Å². The van der Waals surface area contributed by atoms with Gasteiger partial charge in [-0.05, 0) is 37.5 Å². The number of rotatable bonds is 5. The highest BCUT2D eigenvalue weighted by Gasteiger charge is 2.27. The lowest BCUT2D eigenvalue weighted by Gasteiger charge is -2.26. The second-order valence-corrected chi connectivity index (χ2v) is 7.98. The van der Waals surface area contributed by atoms with Crippen molar-refractivity contribution in [2.45, 2.75) is 38.0 Å². The zero-order valence-corrected chi connectivity index (χ0v) is 15.8. The molecule has 1 atom stereocenters. The fourth-order valence-electron chi connectivity index (χ4n) is 2.57. The fraction of sp³-hybridized carbons (Fsp3) is 0.562. The molecule has 1 aromatic rings. The Morgan fingerprint density at radius 1 is 1.29 bits per heavy atom. The Bertz CT molecular complexity index is 673. The number of benzene rings is 1. The molecule has 0 saturated carbocycles. The summed E-state index contributed by atoms with van der Waals surface area (Å²) >= 11 is 0. The predicted molar refractivity (Wildman–Crippen MR) is 97.9 cm³/mol. The van der Waals surface area contributed by atoms with E-state index in [0.717, 1.165) is 19.3 Å². The predicted octanol–water partition coefficient (Wildman–Crippen LogP) is 2.12. The Hall–Kier alpha value is -1.15. The summed E-state index contributed by atoms with van der Waals surface area (Å²) in [4.78, 5) is 12.2. The molecular weight excluding hydrogens is 350 g/mol. The van der Waals surface area contributed by atoms with Gasteiger partial charge in [-0.25, -0.2) is 8.42 Å². The van der Waals surface area contributed by atoms with Crippen molar-refractivity contribution in [2.75, 3.05) is 25.0 Å². The molecule has 0 radical (unpaired) electrons. The lowest BCUT2D eigenvalue weighted by atomic mass is 10.1. The summed E-state index contributed by atoms with van der Waals surface area (Å²) < 4.78 is 27.2. The number of nitrogens with two attached hydrogens (primary N) is 1. The number of amides is 1. The molecule has 1 aliphatic heterocycles. The van der Waals surface area contributed by atoms with Gasteiger partial charge in [-0.1, -0.05) is 19.4 Å². The van der Waals surface area contributed by atoms with E-state index in [2.05, 4.69) is 5.32 Å². The zero-order chi connectivity index (χ0) is 17.0. The second-order valence-electron chi connectivity index (χ2n) is 6.07. The number of nitrogens with one attached hydrogen (secondary N) is 1. The average Bonchev–Trinajstić information content (AvgIpc) is 2.56. The first-order valence-corrected chi connectivity index (χ1v) is 9.42. The first-order chi connectivity index (χ1) is 10.9. The van der Waals surface area contributed by atoms with Crippen LogP contribution in [-0.2, 0) is 14.8 Å². The van der Waals surface area contributed by atoms with Crippen molar-refractivity contribution in [1.82, 2.24) is 4.31 Å².